The molecule has 0 radical (unpaired) electrons. The van der Waals surface area contributed by atoms with E-state index in [1.165, 1.54) is 12.0 Å². The first-order valence-electron chi connectivity index (χ1n) is 16.3. The second-order valence-electron chi connectivity index (χ2n) is 12.5. The molecule has 11 nitrogen and oxygen atoms in total. The topological polar surface area (TPSA) is 135 Å². The molecule has 2 aromatic rings. The van der Waals surface area contributed by atoms with E-state index in [2.05, 4.69) is 21.2 Å². The number of carbonyl (C=O) groups excluding carboxylic acids is 4. The van der Waals surface area contributed by atoms with Crippen molar-refractivity contribution in [3.05, 3.63) is 94.5 Å². The molecule has 0 aliphatic carbocycles. The Hall–Kier alpha value is -3.84. The van der Waals surface area contributed by atoms with Gasteiger partial charge in [-0.15, -0.1) is 0 Å². The van der Waals surface area contributed by atoms with E-state index < -0.39 is 53.6 Å². The number of ether oxygens (including phenoxy) is 3. The molecule has 48 heavy (non-hydrogen) atoms. The van der Waals surface area contributed by atoms with E-state index in [0.717, 1.165) is 5.56 Å². The number of hydrogen-bond acceptors (Lipinski definition) is 8. The van der Waals surface area contributed by atoms with E-state index in [-0.39, 0.29) is 57.5 Å². The lowest BCUT2D eigenvalue weighted by atomic mass is 9.74. The number of likely N-dealkylation sites (tertiary alicyclic amines) is 1. The van der Waals surface area contributed by atoms with Crippen LogP contribution in [-0.2, 0) is 39.9 Å². The molecule has 254 valence electrons. The maximum absolute atomic E-state index is 14.8. The lowest BCUT2D eigenvalue weighted by Crippen LogP contribution is -2.55. The van der Waals surface area contributed by atoms with Gasteiger partial charge in [-0.3, -0.25) is 19.2 Å². The summed E-state index contributed by atoms with van der Waals surface area (Å²) in [5.41, 5.74) is 0.105. The highest BCUT2D eigenvalue weighted by Gasteiger charge is 2.75. The molecular weight excluding hydrogens is 682 g/mol. The van der Waals surface area contributed by atoms with E-state index in [1.807, 2.05) is 60.7 Å². The van der Waals surface area contributed by atoms with Crippen molar-refractivity contribution in [1.82, 2.24) is 15.1 Å². The Labute approximate surface area is 288 Å². The number of carbonyl (C=O) groups is 4. The van der Waals surface area contributed by atoms with Gasteiger partial charge < -0.3 is 34.4 Å². The highest BCUT2D eigenvalue weighted by atomic mass is 79.9. The summed E-state index contributed by atoms with van der Waals surface area (Å²) in [5.74, 6) is -3.79. The van der Waals surface area contributed by atoms with Crippen LogP contribution in [0.1, 0.15) is 36.5 Å². The van der Waals surface area contributed by atoms with Crippen molar-refractivity contribution >= 4 is 39.6 Å². The number of nitrogens with one attached hydrogen (secondary N) is 1. The fraction of sp³-hybridized carbons (Fsp3) is 0.444. The number of aliphatic hydroxyl groups excluding tert-OH is 1. The van der Waals surface area contributed by atoms with Crippen LogP contribution in [0.25, 0.3) is 0 Å². The van der Waals surface area contributed by atoms with Crippen LogP contribution < -0.4 is 5.32 Å². The summed E-state index contributed by atoms with van der Waals surface area (Å²) < 4.78 is 18.9. The van der Waals surface area contributed by atoms with Gasteiger partial charge in [0, 0.05) is 44.3 Å². The molecule has 3 amide bonds. The third-order valence-corrected chi connectivity index (χ3v) is 10.2. The molecule has 1 spiro atoms. The molecule has 4 heterocycles. The Morgan fingerprint density at radius 1 is 1.00 bits per heavy atom. The Balaban J connectivity index is 1.44. The minimum Gasteiger partial charge on any atom is -0.455 e. The summed E-state index contributed by atoms with van der Waals surface area (Å²) >= 11 is 3.59. The zero-order valence-corrected chi connectivity index (χ0v) is 28.3. The highest BCUT2D eigenvalue weighted by molar-refractivity contribution is 9.11. The molecule has 2 fully saturated rings. The Kier molecular flexibility index (Phi) is 10.4. The number of allylic oxidation sites excluding steroid dienone is 1. The van der Waals surface area contributed by atoms with Crippen LogP contribution >= 0.6 is 15.9 Å². The minimum atomic E-state index is -1.44. The summed E-state index contributed by atoms with van der Waals surface area (Å²) in [7, 11) is 1.51. The van der Waals surface area contributed by atoms with Gasteiger partial charge in [-0.2, -0.15) is 0 Å². The molecule has 12 heteroatoms. The van der Waals surface area contributed by atoms with E-state index in [4.69, 9.17) is 14.2 Å². The fourth-order valence-corrected chi connectivity index (χ4v) is 8.12. The molecule has 2 N–H and O–H groups in total. The van der Waals surface area contributed by atoms with E-state index in [9.17, 15) is 24.3 Å². The standard InChI is InChI=1S/C36H40BrN3O8/c1-46-22-26-30(24-14-7-3-8-15-24)47-35(45)28-29-33(43)40(18-11-19-41)32(36(29)20-25(37)31(28)48-36)34(44)39(21-23-12-5-2-6-13-23)17-10-4-9-16-27(42)38-26/h2-8,10,12-15,20,26,28-32,41H,9,11,16-19,21-22H2,1H3,(H,38,42)/b10-4-/t26-,28+,29-,30-,31+,32+,36-/m0/s1. The lowest BCUT2D eigenvalue weighted by molar-refractivity contribution is -0.162. The summed E-state index contributed by atoms with van der Waals surface area (Å²) in [6.45, 7) is 0.472. The normalized spacial score (nSPS) is 31.4. The van der Waals surface area contributed by atoms with Gasteiger partial charge in [0.1, 0.15) is 29.8 Å². The number of cyclic esters (lactones) is 1. The number of fused-ring (bicyclic) bond motifs is 2. The van der Waals surface area contributed by atoms with Crippen LogP contribution in [0.2, 0.25) is 0 Å². The number of halogens is 1. The number of aliphatic hydroxyl groups is 1. The monoisotopic (exact) mass is 721 g/mol. The van der Waals surface area contributed by atoms with Gasteiger partial charge in [0.05, 0.1) is 18.6 Å². The van der Waals surface area contributed by atoms with Gasteiger partial charge in [0.15, 0.2) is 0 Å². The fourth-order valence-electron chi connectivity index (χ4n) is 7.38. The number of amides is 3. The van der Waals surface area contributed by atoms with Crippen molar-refractivity contribution in [2.45, 2.75) is 55.7 Å². The average Bonchev–Trinajstić information content (AvgIpc) is 3.68. The van der Waals surface area contributed by atoms with E-state index >= 15 is 0 Å². The van der Waals surface area contributed by atoms with Crippen LogP contribution in [0.15, 0.2) is 83.4 Å². The zero-order valence-electron chi connectivity index (χ0n) is 26.7. The van der Waals surface area contributed by atoms with Crippen molar-refractivity contribution in [3.63, 3.8) is 0 Å². The number of hydrogen-bond donors (Lipinski definition) is 2. The summed E-state index contributed by atoms with van der Waals surface area (Å²) in [6, 6.07) is 16.8. The third kappa shape index (κ3) is 6.46. The second kappa shape index (κ2) is 14.7. The van der Waals surface area contributed by atoms with Crippen molar-refractivity contribution in [3.8, 4) is 0 Å². The number of nitrogens with zero attached hydrogens (tertiary/aromatic N) is 2. The molecule has 5 bridgehead atoms. The molecule has 2 saturated heterocycles. The van der Waals surface area contributed by atoms with Crippen LogP contribution in [0.3, 0.4) is 0 Å². The van der Waals surface area contributed by atoms with Gasteiger partial charge in [0.25, 0.3) is 0 Å². The number of benzene rings is 2. The predicted octanol–water partition coefficient (Wildman–Crippen LogP) is 3.04. The predicted molar refractivity (Wildman–Crippen MR) is 178 cm³/mol. The first kappa shape index (κ1) is 34.0. The molecule has 2 aromatic carbocycles. The molecule has 0 unspecified atom stereocenters. The largest absolute Gasteiger partial charge is 0.455 e. The number of methoxy groups -OCH3 is 1. The Morgan fingerprint density at radius 3 is 2.44 bits per heavy atom. The molecule has 4 aliphatic rings. The molecule has 7 atom stereocenters. The van der Waals surface area contributed by atoms with Crippen molar-refractivity contribution in [2.75, 3.05) is 33.4 Å². The molecule has 0 saturated carbocycles. The molecule has 4 aliphatic heterocycles. The van der Waals surface area contributed by atoms with E-state index in [1.54, 1.807) is 23.1 Å². The quantitative estimate of drug-likeness (QED) is 0.314. The first-order chi connectivity index (χ1) is 23.3. The minimum absolute atomic E-state index is 0.0644. The van der Waals surface area contributed by atoms with Gasteiger partial charge in [-0.1, -0.05) is 88.7 Å². The molecular formula is C36H40BrN3O8. The van der Waals surface area contributed by atoms with Crippen molar-refractivity contribution < 1.29 is 38.5 Å². The number of esters is 1. The van der Waals surface area contributed by atoms with Crippen LogP contribution in [0, 0.1) is 11.8 Å². The average molecular weight is 723 g/mol. The van der Waals surface area contributed by atoms with Crippen LogP contribution in [-0.4, -0.2) is 95.8 Å². The van der Waals surface area contributed by atoms with Crippen molar-refractivity contribution in [1.29, 1.82) is 0 Å². The maximum atomic E-state index is 14.8. The first-order valence-corrected chi connectivity index (χ1v) is 17.1. The Morgan fingerprint density at radius 2 is 1.73 bits per heavy atom. The maximum Gasteiger partial charge on any atom is 0.313 e. The van der Waals surface area contributed by atoms with Gasteiger partial charge in [0.2, 0.25) is 17.7 Å². The number of rotatable bonds is 8. The van der Waals surface area contributed by atoms with Gasteiger partial charge in [-0.05, 0) is 30.0 Å². The second-order valence-corrected chi connectivity index (χ2v) is 13.5. The highest BCUT2D eigenvalue weighted by Crippen LogP contribution is 2.59. The lowest BCUT2D eigenvalue weighted by Gasteiger charge is -2.36. The summed E-state index contributed by atoms with van der Waals surface area (Å²) in [4.78, 5) is 59.8. The van der Waals surface area contributed by atoms with Crippen molar-refractivity contribution in [2.24, 2.45) is 11.8 Å². The zero-order chi connectivity index (χ0) is 33.8. The van der Waals surface area contributed by atoms with Crippen LogP contribution in [0.4, 0.5) is 0 Å². The Bertz CT molecular complexity index is 1570. The summed E-state index contributed by atoms with van der Waals surface area (Å²) in [5, 5.41) is 12.7. The van der Waals surface area contributed by atoms with E-state index in [0.29, 0.717) is 16.5 Å². The SMILES string of the molecule is COC[C@@H]1NC(=O)CC/C=C\CN(Cc2ccccc2)C(=O)[C@H]2N(CCCO)C(=O)[C@@H]3[C@@H](C(=O)O[C@H]1c1ccccc1)[C@@H]1O[C@@]32C=C1Br. The molecule has 0 aromatic heterocycles. The van der Waals surface area contributed by atoms with Gasteiger partial charge >= 0.3 is 5.97 Å². The third-order valence-electron chi connectivity index (χ3n) is 9.48. The van der Waals surface area contributed by atoms with Gasteiger partial charge in [-0.25, -0.2) is 0 Å². The smallest absolute Gasteiger partial charge is 0.313 e. The molecule has 6 rings (SSSR count). The summed E-state index contributed by atoms with van der Waals surface area (Å²) in [6.07, 6.45) is 4.51. The van der Waals surface area contributed by atoms with Crippen LogP contribution in [0.5, 0.6) is 0 Å².